The number of ether oxygens (including phenoxy) is 2. The van der Waals surface area contributed by atoms with Gasteiger partial charge in [0.25, 0.3) is 0 Å². The van der Waals surface area contributed by atoms with Gasteiger partial charge in [0.2, 0.25) is 11.8 Å². The quantitative estimate of drug-likeness (QED) is 0.781. The summed E-state index contributed by atoms with van der Waals surface area (Å²) in [5, 5.41) is 2.93. The van der Waals surface area contributed by atoms with Crippen molar-refractivity contribution in [3.8, 4) is 0 Å². The van der Waals surface area contributed by atoms with Crippen LogP contribution in [0.15, 0.2) is 24.3 Å². The molecule has 1 aromatic carbocycles. The first kappa shape index (κ1) is 21.6. The number of nitrogens with zero attached hydrogens (tertiary/aromatic N) is 2. The number of amides is 3. The minimum atomic E-state index is -0.954. The minimum absolute atomic E-state index is 0.0583. The van der Waals surface area contributed by atoms with Gasteiger partial charge in [-0.05, 0) is 51.7 Å². The standard InChI is InChI=1S/C23H31N3O5/c1-22(2,3)31-21(29)26-14-23(16-7-5-6-8-17(16)24-20(23)28)13-18(26)19(27)25(4)15-9-11-30-12-10-15/h5-8,15,18H,9-14H2,1-4H3,(H,24,28)/t18-,23-/m1/s1. The molecule has 1 spiro atoms. The Bertz CT molecular complexity index is 889. The first-order valence-electron chi connectivity index (χ1n) is 10.9. The molecule has 1 N–H and O–H groups in total. The molecule has 3 heterocycles. The molecule has 3 aliphatic rings. The number of carbonyl (C=O) groups excluding carboxylic acids is 3. The number of carbonyl (C=O) groups is 3. The maximum atomic E-state index is 13.6. The first-order valence-corrected chi connectivity index (χ1v) is 10.9. The van der Waals surface area contributed by atoms with Crippen LogP contribution in [-0.2, 0) is 24.5 Å². The fourth-order valence-electron chi connectivity index (χ4n) is 4.86. The lowest BCUT2D eigenvalue weighted by Crippen LogP contribution is -2.51. The first-order chi connectivity index (χ1) is 14.6. The highest BCUT2D eigenvalue weighted by molar-refractivity contribution is 6.08. The van der Waals surface area contributed by atoms with Gasteiger partial charge in [-0.25, -0.2) is 4.79 Å². The van der Waals surface area contributed by atoms with Crippen LogP contribution in [0, 0.1) is 0 Å². The van der Waals surface area contributed by atoms with Gasteiger partial charge in [0.05, 0.1) is 5.41 Å². The SMILES string of the molecule is CN(C(=O)[C@H]1C[C@]2(CN1C(=O)OC(C)(C)C)C(=O)Nc1ccccc12)C1CCOCC1. The molecule has 168 valence electrons. The van der Waals surface area contributed by atoms with Crippen molar-refractivity contribution in [3.05, 3.63) is 29.8 Å². The van der Waals surface area contributed by atoms with Crippen molar-refractivity contribution in [3.63, 3.8) is 0 Å². The number of para-hydroxylation sites is 1. The number of likely N-dealkylation sites (tertiary alicyclic amines) is 1. The van der Waals surface area contributed by atoms with Crippen molar-refractivity contribution in [2.45, 2.75) is 63.1 Å². The van der Waals surface area contributed by atoms with E-state index in [2.05, 4.69) is 5.32 Å². The molecule has 0 aliphatic carbocycles. The Morgan fingerprint density at radius 1 is 1.23 bits per heavy atom. The summed E-state index contributed by atoms with van der Waals surface area (Å²) in [7, 11) is 1.78. The molecule has 0 aromatic heterocycles. The van der Waals surface area contributed by atoms with Crippen LogP contribution in [-0.4, -0.2) is 72.2 Å². The molecule has 8 heteroatoms. The van der Waals surface area contributed by atoms with Crippen LogP contribution in [0.25, 0.3) is 0 Å². The zero-order chi connectivity index (χ0) is 22.4. The minimum Gasteiger partial charge on any atom is -0.444 e. The van der Waals surface area contributed by atoms with Crippen LogP contribution in [0.5, 0.6) is 0 Å². The van der Waals surface area contributed by atoms with E-state index in [1.165, 1.54) is 4.90 Å². The molecule has 0 radical (unpaired) electrons. The van der Waals surface area contributed by atoms with Crippen molar-refractivity contribution in [1.29, 1.82) is 0 Å². The highest BCUT2D eigenvalue weighted by atomic mass is 16.6. The van der Waals surface area contributed by atoms with Crippen molar-refractivity contribution >= 4 is 23.6 Å². The number of benzene rings is 1. The van der Waals surface area contributed by atoms with Crippen molar-refractivity contribution in [1.82, 2.24) is 9.80 Å². The van der Waals surface area contributed by atoms with Gasteiger partial charge in [0, 0.05) is 38.5 Å². The topological polar surface area (TPSA) is 88.2 Å². The van der Waals surface area contributed by atoms with Crippen molar-refractivity contribution in [2.24, 2.45) is 0 Å². The van der Waals surface area contributed by atoms with Crippen LogP contribution in [0.1, 0.15) is 45.6 Å². The zero-order valence-electron chi connectivity index (χ0n) is 18.6. The van der Waals surface area contributed by atoms with E-state index < -0.39 is 23.2 Å². The number of hydrogen-bond acceptors (Lipinski definition) is 5. The molecule has 2 fully saturated rings. The van der Waals surface area contributed by atoms with Crippen LogP contribution >= 0.6 is 0 Å². The Hall–Kier alpha value is -2.61. The third-order valence-corrected chi connectivity index (χ3v) is 6.48. The van der Waals surface area contributed by atoms with Crippen molar-refractivity contribution < 1.29 is 23.9 Å². The predicted molar refractivity (Wildman–Crippen MR) is 115 cm³/mol. The fraction of sp³-hybridized carbons (Fsp3) is 0.609. The van der Waals surface area contributed by atoms with E-state index in [4.69, 9.17) is 9.47 Å². The van der Waals surface area contributed by atoms with Crippen LogP contribution < -0.4 is 5.32 Å². The molecule has 3 amide bonds. The average Bonchev–Trinajstić information content (AvgIpc) is 3.26. The predicted octanol–water partition coefficient (Wildman–Crippen LogP) is 2.52. The summed E-state index contributed by atoms with van der Waals surface area (Å²) in [6.07, 6.45) is 1.19. The van der Waals surface area contributed by atoms with Crippen LogP contribution in [0.3, 0.4) is 0 Å². The van der Waals surface area contributed by atoms with E-state index >= 15 is 0 Å². The van der Waals surface area contributed by atoms with Gasteiger partial charge in [-0.2, -0.15) is 0 Å². The van der Waals surface area contributed by atoms with E-state index in [0.717, 1.165) is 24.1 Å². The summed E-state index contributed by atoms with van der Waals surface area (Å²) in [4.78, 5) is 43.0. The highest BCUT2D eigenvalue weighted by Crippen LogP contribution is 2.47. The second-order valence-electron chi connectivity index (χ2n) is 9.70. The molecule has 0 saturated carbocycles. The van der Waals surface area contributed by atoms with Gasteiger partial charge in [-0.1, -0.05) is 18.2 Å². The van der Waals surface area contributed by atoms with Crippen LogP contribution in [0.4, 0.5) is 10.5 Å². The lowest BCUT2D eigenvalue weighted by atomic mass is 9.79. The molecule has 8 nitrogen and oxygen atoms in total. The maximum absolute atomic E-state index is 13.6. The number of likely N-dealkylation sites (N-methyl/N-ethyl adjacent to an activating group) is 1. The molecule has 0 unspecified atom stereocenters. The summed E-state index contributed by atoms with van der Waals surface area (Å²) in [5.74, 6) is -0.335. The van der Waals surface area contributed by atoms with E-state index in [0.29, 0.717) is 13.2 Å². The van der Waals surface area contributed by atoms with Gasteiger partial charge in [-0.15, -0.1) is 0 Å². The summed E-state index contributed by atoms with van der Waals surface area (Å²) in [6.45, 7) is 6.71. The molecule has 4 rings (SSSR count). The summed E-state index contributed by atoms with van der Waals surface area (Å²) in [6, 6.07) is 6.78. The van der Waals surface area contributed by atoms with Gasteiger partial charge >= 0.3 is 6.09 Å². The number of fused-ring (bicyclic) bond motifs is 2. The van der Waals surface area contributed by atoms with E-state index in [-0.39, 0.29) is 30.8 Å². The Morgan fingerprint density at radius 3 is 2.58 bits per heavy atom. The van der Waals surface area contributed by atoms with Gasteiger partial charge < -0.3 is 19.7 Å². The Balaban J connectivity index is 1.67. The monoisotopic (exact) mass is 429 g/mol. The molecular formula is C23H31N3O5. The number of nitrogens with one attached hydrogen (secondary N) is 1. The van der Waals surface area contributed by atoms with Gasteiger partial charge in [0.15, 0.2) is 0 Å². The smallest absolute Gasteiger partial charge is 0.411 e. The molecular weight excluding hydrogens is 398 g/mol. The molecule has 1 aromatic rings. The van der Waals surface area contributed by atoms with Crippen molar-refractivity contribution in [2.75, 3.05) is 32.1 Å². The van der Waals surface area contributed by atoms with Crippen LogP contribution in [0.2, 0.25) is 0 Å². The molecule has 2 atom stereocenters. The number of rotatable bonds is 2. The molecule has 3 aliphatic heterocycles. The Kier molecular flexibility index (Phi) is 5.45. The third kappa shape index (κ3) is 3.89. The zero-order valence-corrected chi connectivity index (χ0v) is 18.6. The second kappa shape index (κ2) is 7.82. The summed E-state index contributed by atoms with van der Waals surface area (Å²) < 4.78 is 11.0. The molecule has 2 saturated heterocycles. The lowest BCUT2D eigenvalue weighted by molar-refractivity contribution is -0.138. The molecule has 0 bridgehead atoms. The molecule has 31 heavy (non-hydrogen) atoms. The third-order valence-electron chi connectivity index (χ3n) is 6.48. The Morgan fingerprint density at radius 2 is 1.90 bits per heavy atom. The number of anilines is 1. The maximum Gasteiger partial charge on any atom is 0.411 e. The van der Waals surface area contributed by atoms with E-state index in [1.54, 1.807) is 32.7 Å². The summed E-state index contributed by atoms with van der Waals surface area (Å²) in [5.41, 5.74) is -0.0900. The Labute approximate surface area is 182 Å². The average molecular weight is 430 g/mol. The van der Waals surface area contributed by atoms with E-state index in [1.807, 2.05) is 24.3 Å². The second-order valence-corrected chi connectivity index (χ2v) is 9.70. The highest BCUT2D eigenvalue weighted by Gasteiger charge is 2.58. The lowest BCUT2D eigenvalue weighted by Gasteiger charge is -2.35. The summed E-state index contributed by atoms with van der Waals surface area (Å²) >= 11 is 0. The van der Waals surface area contributed by atoms with Gasteiger partial charge in [-0.3, -0.25) is 14.5 Å². The van der Waals surface area contributed by atoms with Gasteiger partial charge in [0.1, 0.15) is 11.6 Å². The van der Waals surface area contributed by atoms with E-state index in [9.17, 15) is 14.4 Å². The largest absolute Gasteiger partial charge is 0.444 e. The number of hydrogen-bond donors (Lipinski definition) is 1. The normalized spacial score (nSPS) is 26.0. The fourth-order valence-corrected chi connectivity index (χ4v) is 4.86.